The van der Waals surface area contributed by atoms with Gasteiger partial charge in [-0.15, -0.1) is 0 Å². The summed E-state index contributed by atoms with van der Waals surface area (Å²) in [5.41, 5.74) is -0.818. The van der Waals surface area contributed by atoms with Crippen molar-refractivity contribution in [2.75, 3.05) is 13.7 Å². The lowest BCUT2D eigenvalue weighted by molar-refractivity contribution is 0.0900. The standard InChI is InChI=1S/C24H22N2O4.2C2H6/c1-24(16-25,26-23(27)18-12-14-19(28-2)15-13-18)17-29-21-10-6-7-11-22(21)30-20-8-4-3-5-9-20;2*1-2/h3-15H,17H2,1-2H3,(H,26,27);2*1-2H3. The third-order valence-electron chi connectivity index (χ3n) is 4.32. The highest BCUT2D eigenvalue weighted by molar-refractivity contribution is 5.95. The van der Waals surface area contributed by atoms with Gasteiger partial charge < -0.3 is 19.5 Å². The van der Waals surface area contributed by atoms with Crippen molar-refractivity contribution in [3.63, 3.8) is 0 Å². The van der Waals surface area contributed by atoms with Crippen LogP contribution in [0.4, 0.5) is 0 Å². The molecule has 34 heavy (non-hydrogen) atoms. The molecule has 0 radical (unpaired) electrons. The molecule has 0 aliphatic heterocycles. The maximum Gasteiger partial charge on any atom is 0.252 e. The minimum absolute atomic E-state index is 0.0550. The molecule has 3 aromatic rings. The van der Waals surface area contributed by atoms with Crippen LogP contribution in [0.3, 0.4) is 0 Å². The van der Waals surface area contributed by atoms with Crippen LogP contribution in [0.15, 0.2) is 78.9 Å². The first kappa shape index (κ1) is 28.1. The van der Waals surface area contributed by atoms with Crippen molar-refractivity contribution in [2.24, 2.45) is 0 Å². The summed E-state index contributed by atoms with van der Waals surface area (Å²) in [6, 6.07) is 25.3. The van der Waals surface area contributed by atoms with Gasteiger partial charge in [0.1, 0.15) is 18.1 Å². The van der Waals surface area contributed by atoms with E-state index >= 15 is 0 Å². The van der Waals surface area contributed by atoms with Gasteiger partial charge in [-0.05, 0) is 55.5 Å². The van der Waals surface area contributed by atoms with E-state index in [0.717, 1.165) is 0 Å². The predicted octanol–water partition coefficient (Wildman–Crippen LogP) is 6.63. The van der Waals surface area contributed by atoms with E-state index < -0.39 is 5.54 Å². The summed E-state index contributed by atoms with van der Waals surface area (Å²) < 4.78 is 16.8. The molecule has 1 atom stereocenters. The van der Waals surface area contributed by atoms with Gasteiger partial charge in [-0.3, -0.25) is 4.79 Å². The molecule has 0 aromatic heterocycles. The quantitative estimate of drug-likeness (QED) is 0.406. The summed E-state index contributed by atoms with van der Waals surface area (Å²) in [6.07, 6.45) is 0. The number of benzene rings is 3. The predicted molar refractivity (Wildman–Crippen MR) is 136 cm³/mol. The number of nitrogens with zero attached hydrogens (tertiary/aromatic N) is 1. The third kappa shape index (κ3) is 8.51. The molecule has 0 aliphatic carbocycles. The number of methoxy groups -OCH3 is 1. The molecule has 1 unspecified atom stereocenters. The van der Waals surface area contributed by atoms with Crippen LogP contribution in [0, 0.1) is 11.3 Å². The van der Waals surface area contributed by atoms with Gasteiger partial charge in [0.2, 0.25) is 0 Å². The molecule has 1 amide bonds. The SMILES string of the molecule is CC.CC.COc1ccc(C(=O)NC(C)(C#N)COc2ccccc2Oc2ccccc2)cc1. The van der Waals surface area contributed by atoms with Crippen molar-refractivity contribution in [1.82, 2.24) is 5.32 Å². The maximum atomic E-state index is 12.6. The number of para-hydroxylation sites is 3. The summed E-state index contributed by atoms with van der Waals surface area (Å²) in [4.78, 5) is 12.6. The molecule has 0 saturated carbocycles. The summed E-state index contributed by atoms with van der Waals surface area (Å²) in [5.74, 6) is 1.93. The summed E-state index contributed by atoms with van der Waals surface area (Å²) >= 11 is 0. The first-order chi connectivity index (χ1) is 16.5. The highest BCUT2D eigenvalue weighted by Gasteiger charge is 2.28. The van der Waals surface area contributed by atoms with Crippen molar-refractivity contribution >= 4 is 5.91 Å². The Morgan fingerprint density at radius 2 is 1.41 bits per heavy atom. The number of carbonyl (C=O) groups excluding carboxylic acids is 1. The second-order valence-corrected chi connectivity index (χ2v) is 6.78. The highest BCUT2D eigenvalue weighted by Crippen LogP contribution is 2.31. The first-order valence-electron chi connectivity index (χ1n) is 11.4. The molecule has 6 nitrogen and oxygen atoms in total. The van der Waals surface area contributed by atoms with E-state index in [1.807, 2.05) is 70.2 Å². The Bertz CT molecular complexity index is 1030. The number of carbonyl (C=O) groups is 1. The van der Waals surface area contributed by atoms with Crippen LogP contribution >= 0.6 is 0 Å². The molecule has 3 aromatic carbocycles. The van der Waals surface area contributed by atoms with Crippen molar-refractivity contribution in [3.05, 3.63) is 84.4 Å². The van der Waals surface area contributed by atoms with E-state index in [4.69, 9.17) is 14.2 Å². The Kier molecular flexibility index (Phi) is 12.3. The highest BCUT2D eigenvalue weighted by atomic mass is 16.5. The van der Waals surface area contributed by atoms with Crippen LogP contribution in [0.2, 0.25) is 0 Å². The fourth-order valence-corrected chi connectivity index (χ4v) is 2.65. The largest absolute Gasteiger partial charge is 0.497 e. The van der Waals surface area contributed by atoms with Crippen LogP contribution < -0.4 is 19.5 Å². The van der Waals surface area contributed by atoms with Gasteiger partial charge >= 0.3 is 0 Å². The Hall–Kier alpha value is -3.98. The summed E-state index contributed by atoms with van der Waals surface area (Å²) in [6.45, 7) is 9.55. The number of nitriles is 1. The topological polar surface area (TPSA) is 80.6 Å². The number of amides is 1. The molecule has 0 aliphatic rings. The van der Waals surface area contributed by atoms with Gasteiger partial charge in [0, 0.05) is 5.56 Å². The van der Waals surface area contributed by atoms with Gasteiger partial charge in [0.15, 0.2) is 17.0 Å². The van der Waals surface area contributed by atoms with E-state index in [1.54, 1.807) is 50.4 Å². The molecular weight excluding hydrogens is 428 g/mol. The van der Waals surface area contributed by atoms with Crippen LogP contribution in [0.5, 0.6) is 23.0 Å². The number of ether oxygens (including phenoxy) is 3. The van der Waals surface area contributed by atoms with Crippen LogP contribution in [0.25, 0.3) is 0 Å². The molecule has 6 heteroatoms. The van der Waals surface area contributed by atoms with E-state index in [9.17, 15) is 10.1 Å². The first-order valence-corrected chi connectivity index (χ1v) is 11.4. The number of rotatable bonds is 8. The fraction of sp³-hybridized carbons (Fsp3) is 0.286. The summed E-state index contributed by atoms with van der Waals surface area (Å²) in [7, 11) is 1.55. The molecule has 0 fully saturated rings. The Morgan fingerprint density at radius 1 is 0.853 bits per heavy atom. The van der Waals surface area contributed by atoms with E-state index in [2.05, 4.69) is 11.4 Å². The molecule has 0 heterocycles. The number of hydrogen-bond acceptors (Lipinski definition) is 5. The Labute approximate surface area is 203 Å². The second kappa shape index (κ2) is 15.0. The minimum atomic E-state index is -1.24. The van der Waals surface area contributed by atoms with Gasteiger partial charge in [-0.1, -0.05) is 58.0 Å². The average Bonchev–Trinajstić information content (AvgIpc) is 2.91. The lowest BCUT2D eigenvalue weighted by Gasteiger charge is -2.24. The van der Waals surface area contributed by atoms with Crippen LogP contribution in [-0.4, -0.2) is 25.2 Å². The van der Waals surface area contributed by atoms with Gasteiger partial charge in [-0.25, -0.2) is 0 Å². The normalized spacial score (nSPS) is 11.1. The third-order valence-corrected chi connectivity index (χ3v) is 4.32. The number of nitrogens with one attached hydrogen (secondary N) is 1. The zero-order chi connectivity index (χ0) is 25.4. The van der Waals surface area contributed by atoms with E-state index in [-0.39, 0.29) is 12.5 Å². The molecule has 0 bridgehead atoms. The molecule has 180 valence electrons. The van der Waals surface area contributed by atoms with Gasteiger partial charge in [-0.2, -0.15) is 5.26 Å². The summed E-state index contributed by atoms with van der Waals surface area (Å²) in [5, 5.41) is 12.4. The van der Waals surface area contributed by atoms with Gasteiger partial charge in [0.05, 0.1) is 13.2 Å². The van der Waals surface area contributed by atoms with Crippen molar-refractivity contribution in [1.29, 1.82) is 5.26 Å². The second-order valence-electron chi connectivity index (χ2n) is 6.78. The van der Waals surface area contributed by atoms with E-state index in [1.165, 1.54) is 0 Å². The van der Waals surface area contributed by atoms with Crippen molar-refractivity contribution < 1.29 is 19.0 Å². The van der Waals surface area contributed by atoms with Crippen LogP contribution in [0.1, 0.15) is 45.0 Å². The fourth-order valence-electron chi connectivity index (χ4n) is 2.65. The zero-order valence-corrected chi connectivity index (χ0v) is 20.8. The molecule has 0 spiro atoms. The van der Waals surface area contributed by atoms with E-state index in [0.29, 0.717) is 28.6 Å². The monoisotopic (exact) mass is 462 g/mol. The molecule has 0 saturated heterocycles. The smallest absolute Gasteiger partial charge is 0.252 e. The lowest BCUT2D eigenvalue weighted by Crippen LogP contribution is -2.49. The molecular formula is C28H34N2O4. The molecule has 3 rings (SSSR count). The zero-order valence-electron chi connectivity index (χ0n) is 20.8. The number of hydrogen-bond donors (Lipinski definition) is 1. The molecule has 1 N–H and O–H groups in total. The van der Waals surface area contributed by atoms with Gasteiger partial charge in [0.25, 0.3) is 5.91 Å². The van der Waals surface area contributed by atoms with Crippen molar-refractivity contribution in [2.45, 2.75) is 40.2 Å². The maximum absolute atomic E-state index is 12.6. The average molecular weight is 463 g/mol. The lowest BCUT2D eigenvalue weighted by atomic mass is 10.0. The Balaban J connectivity index is 0.00000137. The van der Waals surface area contributed by atoms with Crippen molar-refractivity contribution in [3.8, 4) is 29.1 Å². The Morgan fingerprint density at radius 3 is 1.97 bits per heavy atom. The van der Waals surface area contributed by atoms with Crippen LogP contribution in [-0.2, 0) is 0 Å². The minimum Gasteiger partial charge on any atom is -0.497 e.